The molecule has 0 spiro atoms. The molecule has 214 valence electrons. The number of halogens is 1. The van der Waals surface area contributed by atoms with Crippen LogP contribution in [0.15, 0.2) is 66.9 Å². The van der Waals surface area contributed by atoms with E-state index in [0.29, 0.717) is 39.4 Å². The SMILES string of the molecule is Cc1c(I)nc2n1CCN(C(=O)OCc1ccccc1)C2.Cc1cnc2n1CCN(C(=O)OCc1ccccc1)C2. The van der Waals surface area contributed by atoms with Crippen LogP contribution in [0.1, 0.15) is 34.2 Å². The molecule has 0 fully saturated rings. The van der Waals surface area contributed by atoms with Gasteiger partial charge in [0.2, 0.25) is 0 Å². The number of imidazole rings is 2. The number of hydrogen-bond donors (Lipinski definition) is 0. The first-order valence-corrected chi connectivity index (χ1v) is 14.6. The minimum Gasteiger partial charge on any atom is -0.445 e. The summed E-state index contributed by atoms with van der Waals surface area (Å²) in [6, 6.07) is 19.4. The third-order valence-electron chi connectivity index (χ3n) is 7.16. The van der Waals surface area contributed by atoms with Crippen molar-refractivity contribution in [2.45, 2.75) is 53.2 Å². The Hall–Kier alpha value is -3.87. The first-order valence-electron chi connectivity index (χ1n) is 13.5. The fourth-order valence-electron chi connectivity index (χ4n) is 4.79. The Morgan fingerprint density at radius 2 is 1.27 bits per heavy atom. The van der Waals surface area contributed by atoms with Crippen molar-refractivity contribution in [3.05, 3.63) is 105 Å². The monoisotopic (exact) mass is 668 g/mol. The average molecular weight is 669 g/mol. The van der Waals surface area contributed by atoms with Gasteiger partial charge in [-0.15, -0.1) is 0 Å². The minimum absolute atomic E-state index is 0.277. The molecule has 0 radical (unpaired) electrons. The average Bonchev–Trinajstić information content (AvgIpc) is 3.53. The van der Waals surface area contributed by atoms with Gasteiger partial charge in [-0.1, -0.05) is 60.7 Å². The standard InChI is InChI=1S/C15H16IN3O2.C15H17N3O2/c1-11-14(16)17-13-9-18(7-8-19(11)13)15(20)21-10-12-5-3-2-4-6-12;1-12-9-16-14-10-17(7-8-18(12)14)15(19)20-11-13-5-3-2-4-6-13/h2-6H,7-10H2,1H3;2-6,9H,7-8,10-11H2,1H3. The second kappa shape index (κ2) is 13.2. The van der Waals surface area contributed by atoms with Crippen LogP contribution in [0.3, 0.4) is 0 Å². The molecule has 11 heteroatoms. The molecule has 4 aromatic rings. The van der Waals surface area contributed by atoms with Gasteiger partial charge in [0.1, 0.15) is 28.6 Å². The Morgan fingerprint density at radius 1 is 0.756 bits per heavy atom. The lowest BCUT2D eigenvalue weighted by molar-refractivity contribution is 0.0854. The van der Waals surface area contributed by atoms with Crippen molar-refractivity contribution >= 4 is 34.8 Å². The van der Waals surface area contributed by atoms with Crippen LogP contribution in [0.4, 0.5) is 9.59 Å². The molecule has 0 saturated carbocycles. The maximum absolute atomic E-state index is 12.1. The number of amides is 2. The molecule has 2 aromatic carbocycles. The van der Waals surface area contributed by atoms with E-state index in [0.717, 1.165) is 45.3 Å². The fraction of sp³-hybridized carbons (Fsp3) is 0.333. The molecular formula is C30H33IN6O4. The van der Waals surface area contributed by atoms with Gasteiger partial charge in [-0.05, 0) is 47.6 Å². The van der Waals surface area contributed by atoms with Crippen molar-refractivity contribution in [2.24, 2.45) is 0 Å². The van der Waals surface area contributed by atoms with Gasteiger partial charge in [0.05, 0.1) is 13.1 Å². The largest absolute Gasteiger partial charge is 0.445 e. The lowest BCUT2D eigenvalue weighted by atomic mass is 10.2. The molecule has 0 saturated heterocycles. The highest BCUT2D eigenvalue weighted by atomic mass is 127. The van der Waals surface area contributed by atoms with E-state index in [1.54, 1.807) is 9.80 Å². The second-order valence-electron chi connectivity index (χ2n) is 9.95. The van der Waals surface area contributed by atoms with E-state index in [2.05, 4.69) is 48.6 Å². The highest BCUT2D eigenvalue weighted by Crippen LogP contribution is 2.19. The minimum atomic E-state index is -0.277. The predicted octanol–water partition coefficient (Wildman–Crippen LogP) is 5.29. The zero-order chi connectivity index (χ0) is 28.8. The van der Waals surface area contributed by atoms with E-state index < -0.39 is 0 Å². The quantitative estimate of drug-likeness (QED) is 0.275. The summed E-state index contributed by atoms with van der Waals surface area (Å²) in [6.45, 7) is 8.61. The second-order valence-corrected chi connectivity index (χ2v) is 11.0. The first kappa shape index (κ1) is 28.7. The smallest absolute Gasteiger partial charge is 0.410 e. The molecule has 6 rings (SSSR count). The highest BCUT2D eigenvalue weighted by Gasteiger charge is 2.25. The van der Waals surface area contributed by atoms with Crippen molar-refractivity contribution in [1.29, 1.82) is 0 Å². The highest BCUT2D eigenvalue weighted by molar-refractivity contribution is 14.1. The number of nitrogens with zero attached hydrogens (tertiary/aromatic N) is 6. The summed E-state index contributed by atoms with van der Waals surface area (Å²) >= 11 is 2.23. The number of rotatable bonds is 4. The van der Waals surface area contributed by atoms with E-state index in [-0.39, 0.29) is 12.2 Å². The molecule has 4 heterocycles. The van der Waals surface area contributed by atoms with Crippen LogP contribution in [0.25, 0.3) is 0 Å². The molecule has 10 nitrogen and oxygen atoms in total. The maximum atomic E-state index is 12.1. The van der Waals surface area contributed by atoms with E-state index in [9.17, 15) is 9.59 Å². The zero-order valence-electron chi connectivity index (χ0n) is 23.2. The van der Waals surface area contributed by atoms with E-state index in [1.807, 2.05) is 73.8 Å². The number of aromatic nitrogens is 4. The molecule has 0 bridgehead atoms. The third-order valence-corrected chi connectivity index (χ3v) is 8.18. The maximum Gasteiger partial charge on any atom is 0.410 e. The summed E-state index contributed by atoms with van der Waals surface area (Å²) in [5, 5.41) is 0. The van der Waals surface area contributed by atoms with E-state index in [1.165, 1.54) is 5.69 Å². The summed E-state index contributed by atoms with van der Waals surface area (Å²) in [7, 11) is 0. The zero-order valence-corrected chi connectivity index (χ0v) is 25.4. The Kier molecular flexibility index (Phi) is 9.22. The Morgan fingerprint density at radius 3 is 1.83 bits per heavy atom. The summed E-state index contributed by atoms with van der Waals surface area (Å²) < 4.78 is 16.0. The summed E-state index contributed by atoms with van der Waals surface area (Å²) in [5.74, 6) is 1.85. The number of aryl methyl sites for hydroxylation is 1. The normalized spacial score (nSPS) is 13.9. The van der Waals surface area contributed by atoms with Crippen LogP contribution in [0, 0.1) is 17.5 Å². The van der Waals surface area contributed by atoms with Crippen molar-refractivity contribution in [1.82, 2.24) is 28.9 Å². The van der Waals surface area contributed by atoms with Gasteiger partial charge >= 0.3 is 12.2 Å². The lowest BCUT2D eigenvalue weighted by Gasteiger charge is -2.27. The number of ether oxygens (including phenoxy) is 2. The first-order chi connectivity index (χ1) is 19.9. The molecule has 2 amide bonds. The summed E-state index contributed by atoms with van der Waals surface area (Å²) in [6.07, 6.45) is 1.29. The van der Waals surface area contributed by atoms with Gasteiger partial charge in [0, 0.05) is 43.8 Å². The van der Waals surface area contributed by atoms with Crippen molar-refractivity contribution in [3.63, 3.8) is 0 Å². The molecule has 0 N–H and O–H groups in total. The molecular weight excluding hydrogens is 635 g/mol. The number of benzene rings is 2. The van der Waals surface area contributed by atoms with Crippen LogP contribution >= 0.6 is 22.6 Å². The molecule has 2 aliphatic rings. The Labute approximate surface area is 253 Å². The van der Waals surface area contributed by atoms with Crippen molar-refractivity contribution in [3.8, 4) is 0 Å². The predicted molar refractivity (Wildman–Crippen MR) is 161 cm³/mol. The Bertz CT molecular complexity index is 1490. The molecule has 2 aliphatic heterocycles. The van der Waals surface area contributed by atoms with Gasteiger partial charge in [0.25, 0.3) is 0 Å². The van der Waals surface area contributed by atoms with Crippen molar-refractivity contribution in [2.75, 3.05) is 13.1 Å². The van der Waals surface area contributed by atoms with Crippen molar-refractivity contribution < 1.29 is 19.1 Å². The number of carbonyl (C=O) groups is 2. The van der Waals surface area contributed by atoms with Gasteiger partial charge in [-0.25, -0.2) is 19.6 Å². The lowest BCUT2D eigenvalue weighted by Crippen LogP contribution is -2.38. The molecule has 0 unspecified atom stereocenters. The Balaban J connectivity index is 0.000000165. The van der Waals surface area contributed by atoms with Crippen LogP contribution in [-0.2, 0) is 48.9 Å². The molecule has 41 heavy (non-hydrogen) atoms. The summed E-state index contributed by atoms with van der Waals surface area (Å²) in [5.41, 5.74) is 4.30. The van der Waals surface area contributed by atoms with E-state index in [4.69, 9.17) is 9.47 Å². The van der Waals surface area contributed by atoms with Crippen LogP contribution in [-0.4, -0.2) is 54.2 Å². The summed E-state index contributed by atoms with van der Waals surface area (Å²) in [4.78, 5) is 36.4. The van der Waals surface area contributed by atoms with Gasteiger partial charge in [0.15, 0.2) is 0 Å². The molecule has 2 aromatic heterocycles. The molecule has 0 atom stereocenters. The van der Waals surface area contributed by atoms with Crippen LogP contribution in [0.5, 0.6) is 0 Å². The van der Waals surface area contributed by atoms with Gasteiger partial charge in [-0.2, -0.15) is 0 Å². The number of hydrogen-bond acceptors (Lipinski definition) is 6. The van der Waals surface area contributed by atoms with Gasteiger partial charge in [-0.3, -0.25) is 9.80 Å². The van der Waals surface area contributed by atoms with Gasteiger partial charge < -0.3 is 18.6 Å². The van der Waals surface area contributed by atoms with E-state index >= 15 is 0 Å². The third kappa shape index (κ3) is 7.07. The number of carbonyl (C=O) groups excluding carboxylic acids is 2. The van der Waals surface area contributed by atoms with Crippen LogP contribution < -0.4 is 0 Å². The fourth-order valence-corrected chi connectivity index (χ4v) is 5.36. The molecule has 0 aliphatic carbocycles. The van der Waals surface area contributed by atoms with Crippen LogP contribution in [0.2, 0.25) is 0 Å². The number of fused-ring (bicyclic) bond motifs is 2. The topological polar surface area (TPSA) is 94.7 Å².